The molecule has 0 N–H and O–H groups in total. The maximum Gasteiger partial charge on any atom is 0.318 e. The minimum Gasteiger partial charge on any atom is -1.00 e. The van der Waals surface area contributed by atoms with E-state index in [2.05, 4.69) is 6.92 Å². The Hall–Kier alpha value is -0.860. The van der Waals surface area contributed by atoms with Crippen molar-refractivity contribution in [2.45, 2.75) is 110 Å². The lowest BCUT2D eigenvalue weighted by molar-refractivity contribution is -0.128. The highest BCUT2D eigenvalue weighted by atomic mass is 35.5. The summed E-state index contributed by atoms with van der Waals surface area (Å²) in [4.78, 5) is 12.6. The van der Waals surface area contributed by atoms with E-state index in [1.165, 1.54) is 89.9 Å². The van der Waals surface area contributed by atoms with E-state index in [0.29, 0.717) is 16.8 Å². The summed E-state index contributed by atoms with van der Waals surface area (Å²) in [5.41, 5.74) is 1.08. The molecule has 0 aliphatic rings. The van der Waals surface area contributed by atoms with E-state index >= 15 is 0 Å². The van der Waals surface area contributed by atoms with Crippen LogP contribution >= 0.6 is 0 Å². The van der Waals surface area contributed by atoms with Gasteiger partial charge >= 0.3 is 5.91 Å². The van der Waals surface area contributed by atoms with Crippen molar-refractivity contribution >= 4 is 11.6 Å². The molecule has 0 heterocycles. The number of hydrogen-bond acceptors (Lipinski definition) is 1. The van der Waals surface area contributed by atoms with Crippen LogP contribution in [0.4, 0.5) is 5.69 Å². The van der Waals surface area contributed by atoms with Crippen molar-refractivity contribution < 1.29 is 17.2 Å². The maximum absolute atomic E-state index is 12.6. The lowest BCUT2D eigenvalue weighted by Crippen LogP contribution is -3.00. The number of nitrogens with zero attached hydrogens (tertiary/aromatic N) is 1. The Bertz CT molecular complexity index is 501. The van der Waals surface area contributed by atoms with Gasteiger partial charge in [-0.2, -0.15) is 0 Å². The van der Waals surface area contributed by atoms with Gasteiger partial charge in [-0.15, -0.1) is 0 Å². The average molecular weight is 424 g/mol. The number of amides is 1. The molecule has 29 heavy (non-hydrogen) atoms. The van der Waals surface area contributed by atoms with Crippen molar-refractivity contribution in [2.24, 2.45) is 0 Å². The van der Waals surface area contributed by atoms with Crippen LogP contribution in [0.1, 0.15) is 110 Å². The second kappa shape index (κ2) is 18.0. The minimum atomic E-state index is 0. The van der Waals surface area contributed by atoms with Gasteiger partial charge in [-0.1, -0.05) is 115 Å². The summed E-state index contributed by atoms with van der Waals surface area (Å²) in [6.45, 7) is 2.28. The standard InChI is InChI=1S/C26H46NO.ClH/c1-4-5-6-7-8-9-10-11-12-13-14-15-16-17-21-24-26(28)27(2,3)25-22-19-18-20-23-25;/h18-20,22-23H,4-17,21,24H2,1-3H3;1H/q+1;/p-1. The number of quaternary nitrogens is 1. The van der Waals surface area contributed by atoms with E-state index in [4.69, 9.17) is 0 Å². The summed E-state index contributed by atoms with van der Waals surface area (Å²) in [6, 6.07) is 10.1. The summed E-state index contributed by atoms with van der Waals surface area (Å²) >= 11 is 0. The molecule has 0 radical (unpaired) electrons. The average Bonchev–Trinajstić information content (AvgIpc) is 2.71. The van der Waals surface area contributed by atoms with Crippen molar-refractivity contribution in [3.8, 4) is 0 Å². The molecule has 0 saturated carbocycles. The van der Waals surface area contributed by atoms with Crippen molar-refractivity contribution in [3.05, 3.63) is 30.3 Å². The Morgan fingerprint density at radius 2 is 1.03 bits per heavy atom. The molecule has 1 aromatic rings. The van der Waals surface area contributed by atoms with E-state index in [0.717, 1.165) is 12.1 Å². The zero-order valence-corrected chi connectivity index (χ0v) is 20.2. The van der Waals surface area contributed by atoms with Crippen LogP contribution in [0, 0.1) is 0 Å². The normalized spacial score (nSPS) is 11.3. The smallest absolute Gasteiger partial charge is 0.318 e. The first-order chi connectivity index (χ1) is 13.6. The third-order valence-corrected chi connectivity index (χ3v) is 6.02. The van der Waals surface area contributed by atoms with Crippen LogP contribution in [0.2, 0.25) is 0 Å². The molecular weight excluding hydrogens is 378 g/mol. The molecule has 0 atom stereocenters. The first-order valence-electron chi connectivity index (χ1n) is 12.0. The van der Waals surface area contributed by atoms with E-state index < -0.39 is 0 Å². The molecule has 0 unspecified atom stereocenters. The fourth-order valence-corrected chi connectivity index (χ4v) is 3.87. The molecule has 0 spiro atoms. The van der Waals surface area contributed by atoms with E-state index in [9.17, 15) is 4.79 Å². The fraction of sp³-hybridized carbons (Fsp3) is 0.731. The van der Waals surface area contributed by atoms with Crippen LogP contribution < -0.4 is 16.9 Å². The van der Waals surface area contributed by atoms with Crippen LogP contribution in [-0.4, -0.2) is 20.0 Å². The van der Waals surface area contributed by atoms with Crippen molar-refractivity contribution in [1.29, 1.82) is 0 Å². The van der Waals surface area contributed by atoms with E-state index in [1.54, 1.807) is 0 Å². The summed E-state index contributed by atoms with van der Waals surface area (Å²) in [5.74, 6) is 0.320. The lowest BCUT2D eigenvalue weighted by atomic mass is 10.0. The van der Waals surface area contributed by atoms with Gasteiger partial charge in [0, 0.05) is 0 Å². The number of hydrogen-bond donors (Lipinski definition) is 0. The Morgan fingerprint density at radius 3 is 1.45 bits per heavy atom. The predicted molar refractivity (Wildman–Crippen MR) is 125 cm³/mol. The zero-order chi connectivity index (χ0) is 20.5. The highest BCUT2D eigenvalue weighted by Gasteiger charge is 2.27. The molecule has 1 amide bonds. The third kappa shape index (κ3) is 13.1. The van der Waals surface area contributed by atoms with Gasteiger partial charge in [0.15, 0.2) is 0 Å². The molecule has 0 aliphatic carbocycles. The van der Waals surface area contributed by atoms with Gasteiger partial charge in [0.05, 0.1) is 20.5 Å². The van der Waals surface area contributed by atoms with Crippen molar-refractivity contribution in [2.75, 3.05) is 14.1 Å². The van der Waals surface area contributed by atoms with Gasteiger partial charge in [0.2, 0.25) is 0 Å². The van der Waals surface area contributed by atoms with Gasteiger partial charge in [-0.05, 0) is 18.6 Å². The second-order valence-corrected chi connectivity index (χ2v) is 8.88. The first kappa shape index (κ1) is 28.1. The van der Waals surface area contributed by atoms with Crippen molar-refractivity contribution in [1.82, 2.24) is 4.48 Å². The second-order valence-electron chi connectivity index (χ2n) is 8.88. The topological polar surface area (TPSA) is 17.1 Å². The Labute approximate surface area is 187 Å². The van der Waals surface area contributed by atoms with Crippen LogP contribution in [0.5, 0.6) is 0 Å². The number of benzene rings is 1. The quantitative estimate of drug-likeness (QED) is 0.253. The highest BCUT2D eigenvalue weighted by Crippen LogP contribution is 2.21. The van der Waals surface area contributed by atoms with Gasteiger partial charge in [-0.25, -0.2) is 9.28 Å². The number of halogens is 1. The third-order valence-electron chi connectivity index (χ3n) is 6.02. The molecule has 0 saturated heterocycles. The first-order valence-corrected chi connectivity index (χ1v) is 12.0. The van der Waals surface area contributed by atoms with Gasteiger partial charge < -0.3 is 12.4 Å². The molecule has 0 bridgehead atoms. The monoisotopic (exact) mass is 423 g/mol. The Balaban J connectivity index is 0.00000784. The molecule has 1 rings (SSSR count). The summed E-state index contributed by atoms with van der Waals surface area (Å²) < 4.78 is 0.361. The fourth-order valence-electron chi connectivity index (χ4n) is 3.87. The molecule has 0 aliphatic heterocycles. The van der Waals surface area contributed by atoms with Crippen LogP contribution in [-0.2, 0) is 4.79 Å². The molecule has 0 fully saturated rings. The summed E-state index contributed by atoms with van der Waals surface area (Å²) in [5, 5.41) is 0. The van der Waals surface area contributed by atoms with E-state index in [-0.39, 0.29) is 12.4 Å². The minimum absolute atomic E-state index is 0. The van der Waals surface area contributed by atoms with Gasteiger partial charge in [0.25, 0.3) is 0 Å². The Kier molecular flexibility index (Phi) is 17.4. The SMILES string of the molecule is CCCCCCCCCCCCCCCCCC(=O)[N+](C)(C)c1ccccc1.[Cl-]. The lowest BCUT2D eigenvalue weighted by Gasteiger charge is -2.26. The number of carbonyl (C=O) groups is 1. The zero-order valence-electron chi connectivity index (χ0n) is 19.4. The highest BCUT2D eigenvalue weighted by molar-refractivity contribution is 5.87. The van der Waals surface area contributed by atoms with Crippen molar-refractivity contribution in [3.63, 3.8) is 0 Å². The maximum atomic E-state index is 12.6. The summed E-state index contributed by atoms with van der Waals surface area (Å²) in [7, 11) is 4.01. The number of unbranched alkanes of at least 4 members (excludes halogenated alkanes) is 14. The molecular formula is C26H46ClNO. The summed E-state index contributed by atoms with van der Waals surface area (Å²) in [6.07, 6.45) is 21.1. The Morgan fingerprint density at radius 1 is 0.655 bits per heavy atom. The predicted octanol–water partition coefficient (Wildman–Crippen LogP) is 5.05. The molecule has 0 aromatic heterocycles. The van der Waals surface area contributed by atoms with Crippen LogP contribution in [0.3, 0.4) is 0 Å². The molecule has 168 valence electrons. The molecule has 3 heteroatoms. The van der Waals surface area contributed by atoms with E-state index in [1.807, 2.05) is 44.4 Å². The largest absolute Gasteiger partial charge is 1.00 e. The molecule has 1 aromatic carbocycles. The number of para-hydroxylation sites is 1. The molecule has 2 nitrogen and oxygen atoms in total. The number of carbonyl (C=O) groups excluding carboxylic acids is 1. The van der Waals surface area contributed by atoms with Crippen LogP contribution in [0.15, 0.2) is 30.3 Å². The number of rotatable bonds is 17. The van der Waals surface area contributed by atoms with Crippen LogP contribution in [0.25, 0.3) is 0 Å². The van der Waals surface area contributed by atoms with Gasteiger partial charge in [-0.3, -0.25) is 0 Å². The van der Waals surface area contributed by atoms with Gasteiger partial charge in [0.1, 0.15) is 5.69 Å².